The van der Waals surface area contributed by atoms with Crippen LogP contribution in [-0.2, 0) is 11.3 Å². The summed E-state index contributed by atoms with van der Waals surface area (Å²) in [6, 6.07) is 10.1. The maximum absolute atomic E-state index is 12.8. The van der Waals surface area contributed by atoms with Crippen LogP contribution in [0.5, 0.6) is 11.5 Å². The highest BCUT2D eigenvalue weighted by Crippen LogP contribution is 2.35. The van der Waals surface area contributed by atoms with E-state index in [-0.39, 0.29) is 12.2 Å². The lowest BCUT2D eigenvalue weighted by atomic mass is 10.1. The summed E-state index contributed by atoms with van der Waals surface area (Å²) in [6.45, 7) is 4.91. The summed E-state index contributed by atoms with van der Waals surface area (Å²) in [7, 11) is 0. The second kappa shape index (κ2) is 9.33. The number of nitrogens with one attached hydrogen (secondary N) is 1. The second-order valence-corrected chi connectivity index (χ2v) is 7.48. The molecule has 2 aromatic carbocycles. The first kappa shape index (κ1) is 21.2. The molecule has 1 saturated heterocycles. The minimum absolute atomic E-state index is 0.161. The number of nitrogens with zero attached hydrogens (tertiary/aromatic N) is 1. The molecule has 29 heavy (non-hydrogen) atoms. The van der Waals surface area contributed by atoms with Crippen LogP contribution in [0.4, 0.5) is 4.79 Å². The Balaban J connectivity index is 1.86. The zero-order chi connectivity index (χ0) is 21.0. The van der Waals surface area contributed by atoms with E-state index in [0.29, 0.717) is 35.3 Å². The van der Waals surface area contributed by atoms with Gasteiger partial charge in [0.1, 0.15) is 5.70 Å². The molecule has 0 aromatic heterocycles. The lowest BCUT2D eigenvalue weighted by Crippen LogP contribution is -2.30. The van der Waals surface area contributed by atoms with E-state index in [9.17, 15) is 9.59 Å². The molecule has 1 N–H and O–H groups in total. The molecule has 0 atom stereocenters. The number of amides is 3. The van der Waals surface area contributed by atoms with Crippen LogP contribution >= 0.6 is 27.5 Å². The molecule has 1 heterocycles. The van der Waals surface area contributed by atoms with E-state index >= 15 is 0 Å². The monoisotopic (exact) mass is 478 g/mol. The van der Waals surface area contributed by atoms with Gasteiger partial charge in [0.25, 0.3) is 5.91 Å². The third-order valence-electron chi connectivity index (χ3n) is 4.18. The van der Waals surface area contributed by atoms with Gasteiger partial charge >= 0.3 is 6.03 Å². The molecule has 0 spiro atoms. The van der Waals surface area contributed by atoms with Crippen molar-refractivity contribution in [3.8, 4) is 11.5 Å². The van der Waals surface area contributed by atoms with Crippen molar-refractivity contribution in [1.29, 1.82) is 0 Å². The average Bonchev–Trinajstić information content (AvgIpc) is 2.95. The lowest BCUT2D eigenvalue weighted by molar-refractivity contribution is -0.123. The van der Waals surface area contributed by atoms with Crippen molar-refractivity contribution in [3.63, 3.8) is 0 Å². The molecular formula is C21H20BrClN2O4. The van der Waals surface area contributed by atoms with Crippen molar-refractivity contribution in [2.75, 3.05) is 13.2 Å². The van der Waals surface area contributed by atoms with Gasteiger partial charge in [-0.1, -0.05) is 39.7 Å². The minimum atomic E-state index is -0.469. The summed E-state index contributed by atoms with van der Waals surface area (Å²) >= 11 is 9.38. The molecule has 0 aliphatic carbocycles. The SMILES string of the molecule is CCOc1cc(Br)c(/C=C2\NC(=O)N(Cc3ccc(Cl)cc3)C2=O)cc1OCC. The number of ether oxygens (including phenoxy) is 2. The number of carbonyl (C=O) groups excluding carboxylic acids is 2. The van der Waals surface area contributed by atoms with Gasteiger partial charge in [-0.15, -0.1) is 0 Å². The summed E-state index contributed by atoms with van der Waals surface area (Å²) in [5, 5.41) is 3.23. The Labute approximate surface area is 182 Å². The third kappa shape index (κ3) is 4.92. The quantitative estimate of drug-likeness (QED) is 0.449. The van der Waals surface area contributed by atoms with Crippen molar-refractivity contribution in [3.05, 3.63) is 62.7 Å². The van der Waals surface area contributed by atoms with Crippen LogP contribution in [0.3, 0.4) is 0 Å². The molecule has 0 unspecified atom stereocenters. The number of hydrogen-bond donors (Lipinski definition) is 1. The molecule has 1 aliphatic heterocycles. The molecule has 152 valence electrons. The van der Waals surface area contributed by atoms with Gasteiger partial charge in [0.05, 0.1) is 19.8 Å². The Morgan fingerprint density at radius 3 is 2.31 bits per heavy atom. The van der Waals surface area contributed by atoms with Crippen LogP contribution in [0.25, 0.3) is 6.08 Å². The first-order valence-corrected chi connectivity index (χ1v) is 10.3. The smallest absolute Gasteiger partial charge is 0.329 e. The number of hydrogen-bond acceptors (Lipinski definition) is 4. The summed E-state index contributed by atoms with van der Waals surface area (Å²) in [4.78, 5) is 26.2. The van der Waals surface area contributed by atoms with Gasteiger partial charge in [0.15, 0.2) is 11.5 Å². The highest BCUT2D eigenvalue weighted by molar-refractivity contribution is 9.10. The summed E-state index contributed by atoms with van der Waals surface area (Å²) in [5.41, 5.74) is 1.69. The van der Waals surface area contributed by atoms with Gasteiger partial charge in [0.2, 0.25) is 0 Å². The van der Waals surface area contributed by atoms with Crippen molar-refractivity contribution < 1.29 is 19.1 Å². The Hall–Kier alpha value is -2.51. The van der Waals surface area contributed by atoms with Crippen LogP contribution in [0.15, 0.2) is 46.6 Å². The largest absolute Gasteiger partial charge is 0.490 e. The Bertz CT molecular complexity index is 960. The highest BCUT2D eigenvalue weighted by atomic mass is 79.9. The average molecular weight is 480 g/mol. The van der Waals surface area contributed by atoms with Gasteiger partial charge in [0, 0.05) is 9.50 Å². The molecule has 3 rings (SSSR count). The molecule has 3 amide bonds. The first-order valence-electron chi connectivity index (χ1n) is 9.11. The highest BCUT2D eigenvalue weighted by Gasteiger charge is 2.33. The van der Waals surface area contributed by atoms with Gasteiger partial charge in [-0.3, -0.25) is 9.69 Å². The number of urea groups is 1. The van der Waals surface area contributed by atoms with E-state index in [2.05, 4.69) is 21.2 Å². The summed E-state index contributed by atoms with van der Waals surface area (Å²) < 4.78 is 12.0. The molecule has 0 radical (unpaired) electrons. The van der Waals surface area contributed by atoms with E-state index in [4.69, 9.17) is 21.1 Å². The fraction of sp³-hybridized carbons (Fsp3) is 0.238. The number of imide groups is 1. The van der Waals surface area contributed by atoms with Crippen LogP contribution in [0.1, 0.15) is 25.0 Å². The normalized spacial score (nSPS) is 15.0. The Morgan fingerprint density at radius 1 is 1.07 bits per heavy atom. The molecule has 2 aromatic rings. The fourth-order valence-corrected chi connectivity index (χ4v) is 3.40. The van der Waals surface area contributed by atoms with Crippen molar-refractivity contribution in [2.24, 2.45) is 0 Å². The van der Waals surface area contributed by atoms with Crippen molar-refractivity contribution >= 4 is 45.5 Å². The van der Waals surface area contributed by atoms with E-state index in [0.717, 1.165) is 14.9 Å². The summed E-state index contributed by atoms with van der Waals surface area (Å²) in [5.74, 6) is 0.775. The zero-order valence-corrected chi connectivity index (χ0v) is 18.3. The molecule has 1 aliphatic rings. The van der Waals surface area contributed by atoms with E-state index in [1.807, 2.05) is 13.8 Å². The Kier molecular flexibility index (Phi) is 6.82. The minimum Gasteiger partial charge on any atom is -0.490 e. The number of halogens is 2. The zero-order valence-electron chi connectivity index (χ0n) is 16.0. The standard InChI is InChI=1S/C21H20BrClN2O4/c1-3-28-18-10-14(16(22)11-19(18)29-4-2)9-17-20(26)25(21(27)24-17)12-13-5-7-15(23)8-6-13/h5-11H,3-4,12H2,1-2H3,(H,24,27)/b17-9-. The predicted octanol–water partition coefficient (Wildman–Crippen LogP) is 4.99. The number of carbonyl (C=O) groups is 2. The topological polar surface area (TPSA) is 67.9 Å². The molecule has 8 heteroatoms. The van der Waals surface area contributed by atoms with Crippen LogP contribution < -0.4 is 14.8 Å². The molecule has 0 saturated carbocycles. The fourth-order valence-electron chi connectivity index (χ4n) is 2.84. The van der Waals surface area contributed by atoms with Crippen LogP contribution in [0, 0.1) is 0 Å². The van der Waals surface area contributed by atoms with Crippen LogP contribution in [0.2, 0.25) is 5.02 Å². The van der Waals surface area contributed by atoms with Gasteiger partial charge in [-0.25, -0.2) is 4.79 Å². The predicted molar refractivity (Wildman–Crippen MR) is 115 cm³/mol. The number of benzene rings is 2. The van der Waals surface area contributed by atoms with Crippen molar-refractivity contribution in [2.45, 2.75) is 20.4 Å². The number of rotatable bonds is 7. The maximum Gasteiger partial charge on any atom is 0.329 e. The summed E-state index contributed by atoms with van der Waals surface area (Å²) in [6.07, 6.45) is 1.62. The molecule has 6 nitrogen and oxygen atoms in total. The van der Waals surface area contributed by atoms with Crippen molar-refractivity contribution in [1.82, 2.24) is 10.2 Å². The van der Waals surface area contributed by atoms with Gasteiger partial charge in [-0.2, -0.15) is 0 Å². The third-order valence-corrected chi connectivity index (χ3v) is 5.12. The molecular weight excluding hydrogens is 460 g/mol. The molecule has 1 fully saturated rings. The van der Waals surface area contributed by atoms with E-state index in [1.165, 1.54) is 0 Å². The van der Waals surface area contributed by atoms with Crippen LogP contribution in [-0.4, -0.2) is 30.1 Å². The first-order chi connectivity index (χ1) is 13.9. The van der Waals surface area contributed by atoms with Gasteiger partial charge < -0.3 is 14.8 Å². The van der Waals surface area contributed by atoms with E-state index < -0.39 is 11.9 Å². The second-order valence-electron chi connectivity index (χ2n) is 6.19. The van der Waals surface area contributed by atoms with E-state index in [1.54, 1.807) is 42.5 Å². The Morgan fingerprint density at radius 2 is 1.69 bits per heavy atom. The maximum atomic E-state index is 12.8. The lowest BCUT2D eigenvalue weighted by Gasteiger charge is -2.13. The molecule has 0 bridgehead atoms. The van der Waals surface area contributed by atoms with Gasteiger partial charge in [-0.05, 0) is 55.3 Å².